The van der Waals surface area contributed by atoms with Crippen molar-refractivity contribution in [3.63, 3.8) is 0 Å². The zero-order valence-electron chi connectivity index (χ0n) is 11.4. The van der Waals surface area contributed by atoms with Gasteiger partial charge < -0.3 is 19.9 Å². The predicted octanol–water partition coefficient (Wildman–Crippen LogP) is 1.49. The van der Waals surface area contributed by atoms with Gasteiger partial charge in [-0.1, -0.05) is 17.7 Å². The van der Waals surface area contributed by atoms with Gasteiger partial charge in [-0.3, -0.25) is 0 Å². The molecule has 1 aromatic carbocycles. The Morgan fingerprint density at radius 1 is 1.33 bits per heavy atom. The van der Waals surface area contributed by atoms with Crippen LogP contribution < -0.4 is 10.1 Å². The van der Waals surface area contributed by atoms with Gasteiger partial charge in [0.15, 0.2) is 0 Å². The zero-order valence-corrected chi connectivity index (χ0v) is 11.4. The van der Waals surface area contributed by atoms with Crippen molar-refractivity contribution in [2.75, 3.05) is 26.9 Å². The standard InChI is InChI=1S/C14H23NO3/c1-4-17-9-13(16)10-18-14-6-5-11(2)7-12(14)8-15-3/h5-7,13,15-16H,4,8-10H2,1-3H3. The molecule has 18 heavy (non-hydrogen) atoms. The molecule has 0 spiro atoms. The fraction of sp³-hybridized carbons (Fsp3) is 0.571. The molecular weight excluding hydrogens is 230 g/mol. The summed E-state index contributed by atoms with van der Waals surface area (Å²) in [5, 5.41) is 12.8. The van der Waals surface area contributed by atoms with E-state index in [1.807, 2.05) is 33.0 Å². The maximum atomic E-state index is 9.65. The molecule has 0 saturated heterocycles. The fourth-order valence-electron chi connectivity index (χ4n) is 1.67. The Morgan fingerprint density at radius 3 is 2.78 bits per heavy atom. The molecule has 0 aliphatic carbocycles. The number of hydrogen-bond acceptors (Lipinski definition) is 4. The molecular formula is C14H23NO3. The SMILES string of the molecule is CCOCC(O)COc1ccc(C)cc1CNC. The number of aliphatic hydroxyl groups is 1. The third-order valence-electron chi connectivity index (χ3n) is 2.53. The molecule has 0 saturated carbocycles. The third kappa shape index (κ3) is 5.04. The number of aryl methyl sites for hydroxylation is 1. The van der Waals surface area contributed by atoms with Gasteiger partial charge in [-0.25, -0.2) is 0 Å². The third-order valence-corrected chi connectivity index (χ3v) is 2.53. The highest BCUT2D eigenvalue weighted by molar-refractivity contribution is 5.36. The number of hydrogen-bond donors (Lipinski definition) is 2. The van der Waals surface area contributed by atoms with Gasteiger partial charge >= 0.3 is 0 Å². The highest BCUT2D eigenvalue weighted by Crippen LogP contribution is 2.20. The van der Waals surface area contributed by atoms with Crippen molar-refractivity contribution in [2.45, 2.75) is 26.5 Å². The van der Waals surface area contributed by atoms with Crippen LogP contribution in [0.2, 0.25) is 0 Å². The van der Waals surface area contributed by atoms with Crippen molar-refractivity contribution in [2.24, 2.45) is 0 Å². The first-order chi connectivity index (χ1) is 8.67. The summed E-state index contributed by atoms with van der Waals surface area (Å²) in [4.78, 5) is 0. The van der Waals surface area contributed by atoms with Crippen molar-refractivity contribution in [1.29, 1.82) is 0 Å². The van der Waals surface area contributed by atoms with Crippen LogP contribution in [0, 0.1) is 6.92 Å². The van der Waals surface area contributed by atoms with Gasteiger partial charge in [0.25, 0.3) is 0 Å². The van der Waals surface area contributed by atoms with Crippen molar-refractivity contribution < 1.29 is 14.6 Å². The molecule has 1 atom stereocenters. The average Bonchev–Trinajstić information content (AvgIpc) is 2.36. The van der Waals surface area contributed by atoms with E-state index >= 15 is 0 Å². The van der Waals surface area contributed by atoms with E-state index in [0.29, 0.717) is 13.2 Å². The van der Waals surface area contributed by atoms with E-state index in [0.717, 1.165) is 17.9 Å². The van der Waals surface area contributed by atoms with E-state index in [2.05, 4.69) is 11.4 Å². The van der Waals surface area contributed by atoms with E-state index in [9.17, 15) is 5.11 Å². The lowest BCUT2D eigenvalue weighted by Crippen LogP contribution is -2.24. The predicted molar refractivity (Wildman–Crippen MR) is 71.9 cm³/mol. The van der Waals surface area contributed by atoms with Crippen LogP contribution in [-0.4, -0.2) is 38.1 Å². The lowest BCUT2D eigenvalue weighted by atomic mass is 10.1. The summed E-state index contributed by atoms with van der Waals surface area (Å²) in [5.74, 6) is 0.811. The number of ether oxygens (including phenoxy) is 2. The molecule has 0 aliphatic rings. The molecule has 0 bridgehead atoms. The Kier molecular flexibility index (Phi) is 6.72. The van der Waals surface area contributed by atoms with Crippen molar-refractivity contribution >= 4 is 0 Å². The maximum absolute atomic E-state index is 9.65. The maximum Gasteiger partial charge on any atom is 0.123 e. The topological polar surface area (TPSA) is 50.7 Å². The van der Waals surface area contributed by atoms with Gasteiger partial charge in [-0.05, 0) is 27.0 Å². The highest BCUT2D eigenvalue weighted by atomic mass is 16.5. The lowest BCUT2D eigenvalue weighted by Gasteiger charge is -2.15. The largest absolute Gasteiger partial charge is 0.490 e. The summed E-state index contributed by atoms with van der Waals surface area (Å²) in [6.07, 6.45) is -0.589. The monoisotopic (exact) mass is 253 g/mol. The molecule has 4 heteroatoms. The Hall–Kier alpha value is -1.10. The van der Waals surface area contributed by atoms with Gasteiger partial charge in [-0.2, -0.15) is 0 Å². The lowest BCUT2D eigenvalue weighted by molar-refractivity contribution is 0.0162. The molecule has 0 fully saturated rings. The minimum absolute atomic E-state index is 0.250. The molecule has 1 aromatic rings. The van der Waals surface area contributed by atoms with Gasteiger partial charge in [0, 0.05) is 18.7 Å². The van der Waals surface area contributed by atoms with Crippen LogP contribution in [-0.2, 0) is 11.3 Å². The Balaban J connectivity index is 2.55. The van der Waals surface area contributed by atoms with Gasteiger partial charge in [0.1, 0.15) is 18.5 Å². The molecule has 0 radical (unpaired) electrons. The van der Waals surface area contributed by atoms with E-state index in [-0.39, 0.29) is 6.61 Å². The zero-order chi connectivity index (χ0) is 13.4. The van der Waals surface area contributed by atoms with E-state index in [1.165, 1.54) is 5.56 Å². The summed E-state index contributed by atoms with van der Waals surface area (Å²) >= 11 is 0. The molecule has 4 nitrogen and oxygen atoms in total. The quantitative estimate of drug-likeness (QED) is 0.737. The minimum Gasteiger partial charge on any atom is -0.490 e. The van der Waals surface area contributed by atoms with E-state index < -0.39 is 6.10 Å². The number of aliphatic hydroxyl groups excluding tert-OH is 1. The summed E-state index contributed by atoms with van der Waals surface area (Å²) in [6, 6.07) is 6.03. The number of benzene rings is 1. The second-order valence-corrected chi connectivity index (χ2v) is 4.27. The van der Waals surface area contributed by atoms with Crippen molar-refractivity contribution in [3.05, 3.63) is 29.3 Å². The molecule has 1 rings (SSSR count). The molecule has 0 amide bonds. The minimum atomic E-state index is -0.589. The van der Waals surface area contributed by atoms with Gasteiger partial charge in [-0.15, -0.1) is 0 Å². The molecule has 0 aromatic heterocycles. The molecule has 0 aliphatic heterocycles. The van der Waals surface area contributed by atoms with Crippen LogP contribution in [0.4, 0.5) is 0 Å². The number of nitrogens with one attached hydrogen (secondary N) is 1. The summed E-state index contributed by atoms with van der Waals surface area (Å²) < 4.78 is 10.8. The van der Waals surface area contributed by atoms with Crippen LogP contribution in [0.3, 0.4) is 0 Å². The van der Waals surface area contributed by atoms with Crippen molar-refractivity contribution in [3.8, 4) is 5.75 Å². The molecule has 1 unspecified atom stereocenters. The van der Waals surface area contributed by atoms with E-state index in [1.54, 1.807) is 0 Å². The first-order valence-electron chi connectivity index (χ1n) is 6.30. The first-order valence-corrected chi connectivity index (χ1v) is 6.30. The normalized spacial score (nSPS) is 12.4. The fourth-order valence-corrected chi connectivity index (χ4v) is 1.67. The van der Waals surface area contributed by atoms with Crippen LogP contribution in [0.1, 0.15) is 18.1 Å². The summed E-state index contributed by atoms with van der Waals surface area (Å²) in [5.41, 5.74) is 2.29. The summed E-state index contributed by atoms with van der Waals surface area (Å²) in [7, 11) is 1.90. The van der Waals surface area contributed by atoms with E-state index in [4.69, 9.17) is 9.47 Å². The Morgan fingerprint density at radius 2 is 2.11 bits per heavy atom. The van der Waals surface area contributed by atoms with Crippen LogP contribution >= 0.6 is 0 Å². The Bertz CT molecular complexity index is 355. The second kappa shape index (κ2) is 8.08. The second-order valence-electron chi connectivity index (χ2n) is 4.27. The van der Waals surface area contributed by atoms with Crippen LogP contribution in [0.25, 0.3) is 0 Å². The van der Waals surface area contributed by atoms with Gasteiger partial charge in [0.05, 0.1) is 6.61 Å². The highest BCUT2D eigenvalue weighted by Gasteiger charge is 2.08. The molecule has 0 heterocycles. The molecule has 2 N–H and O–H groups in total. The van der Waals surface area contributed by atoms with Gasteiger partial charge in [0.2, 0.25) is 0 Å². The van der Waals surface area contributed by atoms with Crippen LogP contribution in [0.5, 0.6) is 5.75 Å². The number of rotatable bonds is 8. The van der Waals surface area contributed by atoms with Crippen LogP contribution in [0.15, 0.2) is 18.2 Å². The first kappa shape index (κ1) is 15.0. The van der Waals surface area contributed by atoms with Crippen molar-refractivity contribution in [1.82, 2.24) is 5.32 Å². The Labute approximate surface area is 109 Å². The summed E-state index contributed by atoms with van der Waals surface area (Å²) in [6.45, 7) is 5.86. The smallest absolute Gasteiger partial charge is 0.123 e. The molecule has 102 valence electrons. The average molecular weight is 253 g/mol.